The Hall–Kier alpha value is -3.15. The number of urea groups is 1. The summed E-state index contributed by atoms with van der Waals surface area (Å²) in [6, 6.07) is 16.0. The van der Waals surface area contributed by atoms with E-state index in [0.717, 1.165) is 10.2 Å². The topological polar surface area (TPSA) is 76.0 Å². The van der Waals surface area contributed by atoms with Gasteiger partial charge in [0.25, 0.3) is 5.56 Å². The van der Waals surface area contributed by atoms with Gasteiger partial charge in [-0.1, -0.05) is 42.5 Å². The largest absolute Gasteiger partial charge is 0.334 e. The Balaban J connectivity index is 1.72. The fraction of sp³-hybridized carbons (Fsp3) is 0.0625. The summed E-state index contributed by atoms with van der Waals surface area (Å²) in [5, 5.41) is 3.14. The van der Waals surface area contributed by atoms with E-state index in [-0.39, 0.29) is 5.56 Å². The van der Waals surface area contributed by atoms with Crippen LogP contribution in [0, 0.1) is 0 Å². The Morgan fingerprint density at radius 1 is 1.05 bits per heavy atom. The molecule has 3 aromatic rings. The van der Waals surface area contributed by atoms with Crippen LogP contribution >= 0.6 is 0 Å². The van der Waals surface area contributed by atoms with Crippen molar-refractivity contribution in [1.82, 2.24) is 15.0 Å². The first-order valence-corrected chi connectivity index (χ1v) is 6.79. The van der Waals surface area contributed by atoms with Crippen LogP contribution < -0.4 is 16.3 Å². The summed E-state index contributed by atoms with van der Waals surface area (Å²) in [5.41, 5.74) is 3.71. The van der Waals surface area contributed by atoms with Crippen molar-refractivity contribution in [2.45, 2.75) is 6.54 Å². The van der Waals surface area contributed by atoms with Gasteiger partial charge in [0.05, 0.1) is 10.9 Å². The lowest BCUT2D eigenvalue weighted by molar-refractivity contribution is 0.249. The number of rotatable bonds is 3. The van der Waals surface area contributed by atoms with Gasteiger partial charge in [-0.3, -0.25) is 4.79 Å². The van der Waals surface area contributed by atoms with Gasteiger partial charge in [0.1, 0.15) is 6.33 Å². The lowest BCUT2D eigenvalue weighted by atomic mass is 10.2. The van der Waals surface area contributed by atoms with E-state index in [2.05, 4.69) is 15.7 Å². The maximum Gasteiger partial charge on any atom is 0.334 e. The molecule has 1 aromatic heterocycles. The van der Waals surface area contributed by atoms with Crippen molar-refractivity contribution in [3.8, 4) is 0 Å². The predicted molar refractivity (Wildman–Crippen MR) is 84.0 cm³/mol. The van der Waals surface area contributed by atoms with Gasteiger partial charge >= 0.3 is 6.03 Å². The molecule has 1 heterocycles. The molecule has 0 saturated carbocycles. The summed E-state index contributed by atoms with van der Waals surface area (Å²) >= 11 is 0. The van der Waals surface area contributed by atoms with E-state index in [4.69, 9.17) is 0 Å². The van der Waals surface area contributed by atoms with Crippen molar-refractivity contribution >= 4 is 16.9 Å². The third-order valence-electron chi connectivity index (χ3n) is 3.18. The number of fused-ring (bicyclic) bond motifs is 1. The highest BCUT2D eigenvalue weighted by atomic mass is 16.2. The number of carbonyl (C=O) groups is 1. The first-order chi connectivity index (χ1) is 10.7. The molecule has 6 heteroatoms. The quantitative estimate of drug-likeness (QED) is 0.774. The van der Waals surface area contributed by atoms with E-state index in [9.17, 15) is 9.59 Å². The molecule has 0 spiro atoms. The molecule has 2 aromatic carbocycles. The Kier molecular flexibility index (Phi) is 3.82. The van der Waals surface area contributed by atoms with Crippen LogP contribution in [0.4, 0.5) is 4.79 Å². The van der Waals surface area contributed by atoms with Crippen LogP contribution in [0.2, 0.25) is 0 Å². The molecule has 0 aliphatic heterocycles. The van der Waals surface area contributed by atoms with E-state index < -0.39 is 6.03 Å². The summed E-state index contributed by atoms with van der Waals surface area (Å²) in [5.74, 6) is 0. The van der Waals surface area contributed by atoms with Gasteiger partial charge in [0.15, 0.2) is 0 Å². The number of hydrogen-bond donors (Lipinski definition) is 2. The molecule has 0 aliphatic rings. The highest BCUT2D eigenvalue weighted by molar-refractivity contribution is 5.82. The first-order valence-electron chi connectivity index (χ1n) is 6.79. The molecule has 2 amide bonds. The summed E-state index contributed by atoms with van der Waals surface area (Å²) in [7, 11) is 0. The maximum atomic E-state index is 12.2. The van der Waals surface area contributed by atoms with Crippen molar-refractivity contribution in [3.05, 3.63) is 76.8 Å². The second kappa shape index (κ2) is 6.09. The van der Waals surface area contributed by atoms with Crippen molar-refractivity contribution in [1.29, 1.82) is 0 Å². The van der Waals surface area contributed by atoms with Crippen molar-refractivity contribution in [2.75, 3.05) is 5.43 Å². The van der Waals surface area contributed by atoms with Crippen LogP contribution in [0.3, 0.4) is 0 Å². The molecule has 0 fully saturated rings. The van der Waals surface area contributed by atoms with E-state index in [1.807, 2.05) is 30.3 Å². The fourth-order valence-corrected chi connectivity index (χ4v) is 2.08. The number of amides is 2. The Bertz CT molecular complexity index is 859. The van der Waals surface area contributed by atoms with Gasteiger partial charge in [0, 0.05) is 6.54 Å². The lowest BCUT2D eigenvalue weighted by Gasteiger charge is -2.10. The van der Waals surface area contributed by atoms with Gasteiger partial charge in [-0.25, -0.2) is 19.9 Å². The summed E-state index contributed by atoms with van der Waals surface area (Å²) in [4.78, 5) is 28.2. The van der Waals surface area contributed by atoms with Crippen LogP contribution in [-0.2, 0) is 6.54 Å². The molecule has 3 rings (SSSR count). The molecular weight excluding hydrogens is 280 g/mol. The Morgan fingerprint density at radius 2 is 1.77 bits per heavy atom. The fourth-order valence-electron chi connectivity index (χ4n) is 2.08. The summed E-state index contributed by atoms with van der Waals surface area (Å²) < 4.78 is 1.07. The van der Waals surface area contributed by atoms with Crippen LogP contribution in [0.25, 0.3) is 10.9 Å². The van der Waals surface area contributed by atoms with Crippen LogP contribution in [0.1, 0.15) is 5.56 Å². The van der Waals surface area contributed by atoms with Gasteiger partial charge in [-0.15, -0.1) is 0 Å². The van der Waals surface area contributed by atoms with Crippen molar-refractivity contribution < 1.29 is 4.79 Å². The number of hydrogen-bond acceptors (Lipinski definition) is 3. The molecule has 0 aliphatic carbocycles. The zero-order valence-corrected chi connectivity index (χ0v) is 11.7. The monoisotopic (exact) mass is 294 g/mol. The van der Waals surface area contributed by atoms with Gasteiger partial charge in [0.2, 0.25) is 0 Å². The van der Waals surface area contributed by atoms with Gasteiger partial charge < -0.3 is 5.32 Å². The number of nitrogens with zero attached hydrogens (tertiary/aromatic N) is 2. The van der Waals surface area contributed by atoms with E-state index >= 15 is 0 Å². The third kappa shape index (κ3) is 2.95. The van der Waals surface area contributed by atoms with Crippen LogP contribution in [-0.4, -0.2) is 15.7 Å². The molecule has 22 heavy (non-hydrogen) atoms. The van der Waals surface area contributed by atoms with E-state index in [0.29, 0.717) is 17.4 Å². The third-order valence-corrected chi connectivity index (χ3v) is 3.18. The molecule has 6 nitrogen and oxygen atoms in total. The molecule has 0 radical (unpaired) electrons. The van der Waals surface area contributed by atoms with Crippen LogP contribution in [0.15, 0.2) is 65.7 Å². The van der Waals surface area contributed by atoms with Crippen molar-refractivity contribution in [2.24, 2.45) is 0 Å². The van der Waals surface area contributed by atoms with E-state index in [1.165, 1.54) is 6.33 Å². The SMILES string of the molecule is O=C(NCc1ccccc1)Nn1cnc2ccccc2c1=O. The Labute approximate surface area is 126 Å². The first kappa shape index (κ1) is 13.8. The number of nitrogens with one attached hydrogen (secondary N) is 2. The second-order valence-electron chi connectivity index (χ2n) is 4.72. The molecule has 0 atom stereocenters. The molecule has 2 N–H and O–H groups in total. The minimum absolute atomic E-state index is 0.319. The Morgan fingerprint density at radius 3 is 2.59 bits per heavy atom. The normalized spacial score (nSPS) is 10.4. The summed E-state index contributed by atoms with van der Waals surface area (Å²) in [6.45, 7) is 0.377. The van der Waals surface area contributed by atoms with E-state index in [1.54, 1.807) is 24.3 Å². The zero-order chi connectivity index (χ0) is 15.4. The van der Waals surface area contributed by atoms with Gasteiger partial charge in [-0.2, -0.15) is 0 Å². The lowest BCUT2D eigenvalue weighted by Crippen LogP contribution is -2.39. The van der Waals surface area contributed by atoms with Crippen LogP contribution in [0.5, 0.6) is 0 Å². The smallest absolute Gasteiger partial charge is 0.333 e. The molecular formula is C16H14N4O2. The summed E-state index contributed by atoms with van der Waals surface area (Å²) in [6.07, 6.45) is 1.30. The second-order valence-corrected chi connectivity index (χ2v) is 4.72. The average Bonchev–Trinajstić information content (AvgIpc) is 2.57. The minimum atomic E-state index is -0.469. The number of benzene rings is 2. The zero-order valence-electron chi connectivity index (χ0n) is 11.7. The maximum absolute atomic E-state index is 12.2. The molecule has 0 saturated heterocycles. The number of carbonyl (C=O) groups excluding carboxylic acids is 1. The molecule has 110 valence electrons. The predicted octanol–water partition coefficient (Wildman–Crippen LogP) is 1.85. The molecule has 0 unspecified atom stereocenters. The molecule has 0 bridgehead atoms. The number of para-hydroxylation sites is 1. The van der Waals surface area contributed by atoms with Gasteiger partial charge in [-0.05, 0) is 17.7 Å². The standard InChI is InChI=1S/C16H14N4O2/c21-15-13-8-4-5-9-14(13)18-11-20(15)19-16(22)17-10-12-6-2-1-3-7-12/h1-9,11H,10H2,(H2,17,19,22). The minimum Gasteiger partial charge on any atom is -0.333 e. The van der Waals surface area contributed by atoms with Crippen molar-refractivity contribution in [3.63, 3.8) is 0 Å². The average molecular weight is 294 g/mol. The highest BCUT2D eigenvalue weighted by Gasteiger charge is 2.06. The number of aromatic nitrogens is 2. The highest BCUT2D eigenvalue weighted by Crippen LogP contribution is 2.03.